The molecule has 4 bridgehead atoms. The average molecular weight is 410 g/mol. The molecule has 1 aromatic carbocycles. The van der Waals surface area contributed by atoms with E-state index in [1.165, 1.54) is 43.4 Å². The van der Waals surface area contributed by atoms with Gasteiger partial charge in [0.15, 0.2) is 0 Å². The molecule has 4 aliphatic carbocycles. The molecule has 6 rings (SSSR count). The van der Waals surface area contributed by atoms with E-state index in [0.717, 1.165) is 24.2 Å². The van der Waals surface area contributed by atoms with Crippen LogP contribution in [0.4, 0.5) is 11.4 Å². The van der Waals surface area contributed by atoms with Gasteiger partial charge in [0.05, 0.1) is 11.4 Å². The normalized spacial score (nSPS) is 31.3. The maximum atomic E-state index is 12.7. The van der Waals surface area contributed by atoms with Crippen molar-refractivity contribution in [2.45, 2.75) is 57.8 Å². The van der Waals surface area contributed by atoms with Crippen molar-refractivity contribution in [3.8, 4) is 0 Å². The SMILES string of the molecule is O=C(CCC(=O)N1CC(=O)Nc2ccccc21)NCCC12CC3CC(CC(C3)C1)C2. The van der Waals surface area contributed by atoms with Crippen LogP contribution in [-0.2, 0) is 14.4 Å². The summed E-state index contributed by atoms with van der Waals surface area (Å²) in [6.07, 6.45) is 9.72. The number of para-hydroxylation sites is 2. The number of hydrogen-bond acceptors (Lipinski definition) is 3. The topological polar surface area (TPSA) is 78.5 Å². The molecular formula is C24H31N3O3. The molecule has 0 spiro atoms. The van der Waals surface area contributed by atoms with Crippen LogP contribution in [0.5, 0.6) is 0 Å². The second kappa shape index (κ2) is 7.71. The molecule has 2 N–H and O–H groups in total. The lowest BCUT2D eigenvalue weighted by atomic mass is 9.49. The Balaban J connectivity index is 1.10. The summed E-state index contributed by atoms with van der Waals surface area (Å²) in [7, 11) is 0. The lowest BCUT2D eigenvalue weighted by Crippen LogP contribution is -2.47. The van der Waals surface area contributed by atoms with Crippen LogP contribution < -0.4 is 15.5 Å². The van der Waals surface area contributed by atoms with Gasteiger partial charge in [-0.05, 0) is 80.2 Å². The molecule has 4 fully saturated rings. The number of hydrogen-bond donors (Lipinski definition) is 2. The second-order valence-corrected chi connectivity index (χ2v) is 10.1. The third-order valence-electron chi connectivity index (χ3n) is 7.78. The summed E-state index contributed by atoms with van der Waals surface area (Å²) >= 11 is 0. The van der Waals surface area contributed by atoms with Crippen LogP contribution in [-0.4, -0.2) is 30.8 Å². The van der Waals surface area contributed by atoms with Crippen molar-refractivity contribution in [3.63, 3.8) is 0 Å². The minimum atomic E-state index is -0.206. The zero-order valence-electron chi connectivity index (χ0n) is 17.5. The molecule has 0 saturated heterocycles. The van der Waals surface area contributed by atoms with Crippen molar-refractivity contribution in [1.29, 1.82) is 0 Å². The molecule has 0 atom stereocenters. The van der Waals surface area contributed by atoms with Gasteiger partial charge in [0.2, 0.25) is 17.7 Å². The Kier molecular flexibility index (Phi) is 5.03. The van der Waals surface area contributed by atoms with Crippen LogP contribution >= 0.6 is 0 Å². The van der Waals surface area contributed by atoms with Crippen molar-refractivity contribution in [2.75, 3.05) is 23.3 Å². The summed E-state index contributed by atoms with van der Waals surface area (Å²) in [6, 6.07) is 7.26. The highest BCUT2D eigenvalue weighted by atomic mass is 16.2. The Morgan fingerprint density at radius 3 is 2.40 bits per heavy atom. The van der Waals surface area contributed by atoms with Crippen molar-refractivity contribution in [2.24, 2.45) is 23.2 Å². The molecule has 1 aromatic rings. The quantitative estimate of drug-likeness (QED) is 0.755. The molecule has 0 radical (unpaired) electrons. The number of carbonyl (C=O) groups excluding carboxylic acids is 3. The highest BCUT2D eigenvalue weighted by Gasteiger charge is 2.50. The molecule has 6 heteroatoms. The Bertz CT molecular complexity index is 830. The van der Waals surface area contributed by atoms with Gasteiger partial charge in [-0.2, -0.15) is 0 Å². The predicted molar refractivity (Wildman–Crippen MR) is 115 cm³/mol. The van der Waals surface area contributed by atoms with E-state index in [4.69, 9.17) is 0 Å². The molecule has 1 heterocycles. The first kappa shape index (κ1) is 19.6. The van der Waals surface area contributed by atoms with Crippen molar-refractivity contribution < 1.29 is 14.4 Å². The lowest BCUT2D eigenvalue weighted by Gasteiger charge is -2.57. The van der Waals surface area contributed by atoms with Crippen molar-refractivity contribution >= 4 is 29.1 Å². The van der Waals surface area contributed by atoms with Crippen molar-refractivity contribution in [1.82, 2.24) is 5.32 Å². The van der Waals surface area contributed by atoms with Crippen LogP contribution in [0.3, 0.4) is 0 Å². The average Bonchev–Trinajstić information content (AvgIpc) is 2.70. The van der Waals surface area contributed by atoms with Gasteiger partial charge in [-0.1, -0.05) is 12.1 Å². The summed E-state index contributed by atoms with van der Waals surface area (Å²) in [6.45, 7) is 0.720. The third kappa shape index (κ3) is 3.84. The number of benzene rings is 1. The highest BCUT2D eigenvalue weighted by molar-refractivity contribution is 6.10. The molecule has 160 valence electrons. The Morgan fingerprint density at radius 2 is 1.70 bits per heavy atom. The molecular weight excluding hydrogens is 378 g/mol. The van der Waals surface area contributed by atoms with Crippen LogP contribution in [0.2, 0.25) is 0 Å². The number of nitrogens with zero attached hydrogens (tertiary/aromatic N) is 1. The number of carbonyl (C=O) groups is 3. The minimum Gasteiger partial charge on any atom is -0.356 e. The minimum absolute atomic E-state index is 0.00346. The number of rotatable bonds is 6. The van der Waals surface area contributed by atoms with Crippen LogP contribution in [0.25, 0.3) is 0 Å². The van der Waals surface area contributed by atoms with Crippen molar-refractivity contribution in [3.05, 3.63) is 24.3 Å². The maximum absolute atomic E-state index is 12.7. The summed E-state index contributed by atoms with van der Waals surface area (Å²) in [4.78, 5) is 38.4. The molecule has 5 aliphatic rings. The fourth-order valence-electron chi connectivity index (χ4n) is 6.96. The molecule has 1 aliphatic heterocycles. The summed E-state index contributed by atoms with van der Waals surface area (Å²) < 4.78 is 0. The fraction of sp³-hybridized carbons (Fsp3) is 0.625. The molecule has 0 aromatic heterocycles. The van der Waals surface area contributed by atoms with Gasteiger partial charge in [0.25, 0.3) is 0 Å². The standard InChI is InChI=1S/C24H31N3O3/c28-21(25-8-7-24-12-16-9-17(13-24)11-18(10-16)14-24)5-6-23(30)27-15-22(29)26-19-3-1-2-4-20(19)27/h1-4,16-18H,5-15H2,(H,25,28)(H,26,29). The summed E-state index contributed by atoms with van der Waals surface area (Å²) in [5.41, 5.74) is 1.80. The van der Waals surface area contributed by atoms with Gasteiger partial charge in [-0.3, -0.25) is 14.4 Å². The van der Waals surface area contributed by atoms with Gasteiger partial charge in [-0.15, -0.1) is 0 Å². The lowest BCUT2D eigenvalue weighted by molar-refractivity contribution is -0.126. The van der Waals surface area contributed by atoms with E-state index in [1.54, 1.807) is 6.07 Å². The molecule has 0 unspecified atom stereocenters. The fourth-order valence-corrected chi connectivity index (χ4v) is 6.96. The first-order chi connectivity index (χ1) is 14.5. The van der Waals surface area contributed by atoms with E-state index >= 15 is 0 Å². The second-order valence-electron chi connectivity index (χ2n) is 10.1. The summed E-state index contributed by atoms with van der Waals surface area (Å²) in [5, 5.41) is 5.83. The molecule has 6 nitrogen and oxygen atoms in total. The van der Waals surface area contributed by atoms with E-state index in [9.17, 15) is 14.4 Å². The van der Waals surface area contributed by atoms with Crippen LogP contribution in [0.1, 0.15) is 57.8 Å². The highest BCUT2D eigenvalue weighted by Crippen LogP contribution is 2.61. The zero-order valence-corrected chi connectivity index (χ0v) is 17.5. The molecule has 30 heavy (non-hydrogen) atoms. The van der Waals surface area contributed by atoms with Gasteiger partial charge in [0.1, 0.15) is 6.54 Å². The first-order valence-electron chi connectivity index (χ1n) is 11.5. The zero-order chi connectivity index (χ0) is 20.7. The largest absolute Gasteiger partial charge is 0.356 e. The van der Waals surface area contributed by atoms with E-state index in [-0.39, 0.29) is 37.1 Å². The van der Waals surface area contributed by atoms with Gasteiger partial charge in [-0.25, -0.2) is 0 Å². The predicted octanol–water partition coefficient (Wildman–Crippen LogP) is 3.47. The van der Waals surface area contributed by atoms with Gasteiger partial charge < -0.3 is 15.5 Å². The monoisotopic (exact) mass is 409 g/mol. The third-order valence-corrected chi connectivity index (χ3v) is 7.78. The Morgan fingerprint density at radius 1 is 1.03 bits per heavy atom. The molecule has 3 amide bonds. The number of fused-ring (bicyclic) bond motifs is 1. The first-order valence-corrected chi connectivity index (χ1v) is 11.5. The smallest absolute Gasteiger partial charge is 0.244 e. The number of amides is 3. The van der Waals surface area contributed by atoms with E-state index < -0.39 is 0 Å². The van der Waals surface area contributed by atoms with E-state index in [1.807, 2.05) is 18.2 Å². The Hall–Kier alpha value is -2.37. The van der Waals surface area contributed by atoms with Crippen LogP contribution in [0.15, 0.2) is 24.3 Å². The maximum Gasteiger partial charge on any atom is 0.244 e. The van der Waals surface area contributed by atoms with Gasteiger partial charge >= 0.3 is 0 Å². The summed E-state index contributed by atoms with van der Waals surface area (Å²) in [5.74, 6) is 2.32. The molecule has 4 saturated carbocycles. The van der Waals surface area contributed by atoms with Gasteiger partial charge in [0, 0.05) is 19.4 Å². The number of anilines is 2. The Labute approximate surface area is 177 Å². The van der Waals surface area contributed by atoms with E-state index in [2.05, 4.69) is 10.6 Å². The number of nitrogens with one attached hydrogen (secondary N) is 2. The van der Waals surface area contributed by atoms with E-state index in [0.29, 0.717) is 23.3 Å². The van der Waals surface area contributed by atoms with Crippen LogP contribution in [0, 0.1) is 23.2 Å².